The first-order chi connectivity index (χ1) is 11.5. The van der Waals surface area contributed by atoms with Crippen LogP contribution in [-0.2, 0) is 27.7 Å². The van der Waals surface area contributed by atoms with E-state index in [1.807, 2.05) is 18.9 Å². The molecule has 2 saturated heterocycles. The van der Waals surface area contributed by atoms with Crippen molar-refractivity contribution in [3.05, 3.63) is 11.6 Å². The zero-order valence-corrected chi connectivity index (χ0v) is 14.5. The molecule has 2 unspecified atom stereocenters. The first kappa shape index (κ1) is 16.0. The van der Waals surface area contributed by atoms with E-state index in [0.717, 1.165) is 31.1 Å². The molecule has 0 radical (unpaired) electrons. The highest BCUT2D eigenvalue weighted by atomic mass is 16.6. The van der Waals surface area contributed by atoms with E-state index in [9.17, 15) is 4.79 Å². The lowest BCUT2D eigenvalue weighted by molar-refractivity contribution is -0.199. The number of carbonyl (C=O) groups excluding carboxylic acids is 1. The van der Waals surface area contributed by atoms with Crippen molar-refractivity contribution in [1.29, 1.82) is 0 Å². The second-order valence-corrected chi connectivity index (χ2v) is 7.50. The lowest BCUT2D eigenvalue weighted by Gasteiger charge is -2.47. The van der Waals surface area contributed by atoms with Crippen molar-refractivity contribution >= 4 is 5.91 Å². The highest BCUT2D eigenvalue weighted by Crippen LogP contribution is 2.38. The third-order valence-corrected chi connectivity index (χ3v) is 5.17. The molecule has 2 aliphatic heterocycles. The van der Waals surface area contributed by atoms with Crippen molar-refractivity contribution < 1.29 is 14.3 Å². The van der Waals surface area contributed by atoms with E-state index in [1.54, 1.807) is 4.68 Å². The maximum atomic E-state index is 12.8. The Morgan fingerprint density at radius 3 is 2.96 bits per heavy atom. The van der Waals surface area contributed by atoms with Crippen LogP contribution < -0.4 is 0 Å². The van der Waals surface area contributed by atoms with Gasteiger partial charge in [0.25, 0.3) is 0 Å². The van der Waals surface area contributed by atoms with Crippen LogP contribution in [-0.4, -0.2) is 63.6 Å². The van der Waals surface area contributed by atoms with Gasteiger partial charge < -0.3 is 14.4 Å². The number of rotatable bonds is 3. The normalized spacial score (nSPS) is 30.8. The van der Waals surface area contributed by atoms with Crippen molar-refractivity contribution in [2.45, 2.75) is 56.7 Å². The van der Waals surface area contributed by atoms with Gasteiger partial charge in [-0.1, -0.05) is 0 Å². The highest BCUT2D eigenvalue weighted by Gasteiger charge is 2.42. The fourth-order valence-corrected chi connectivity index (χ4v) is 3.81. The van der Waals surface area contributed by atoms with Crippen LogP contribution in [0.1, 0.15) is 50.2 Å². The number of amides is 1. The summed E-state index contributed by atoms with van der Waals surface area (Å²) >= 11 is 0. The van der Waals surface area contributed by atoms with Gasteiger partial charge in [0, 0.05) is 26.1 Å². The smallest absolute Gasteiger partial charge is 0.230 e. The van der Waals surface area contributed by atoms with Gasteiger partial charge >= 0.3 is 0 Å². The second kappa shape index (κ2) is 6.11. The first-order valence-corrected chi connectivity index (χ1v) is 8.98. The summed E-state index contributed by atoms with van der Waals surface area (Å²) in [5.74, 6) is 2.27. The average Bonchev–Trinajstić information content (AvgIpc) is 3.32. The first-order valence-electron chi connectivity index (χ1n) is 8.98. The fraction of sp³-hybridized carbons (Fsp3) is 0.824. The Bertz CT molecular complexity index is 619. The van der Waals surface area contributed by atoms with Gasteiger partial charge in [0.15, 0.2) is 5.82 Å². The molecule has 0 bridgehead atoms. The minimum atomic E-state index is -0.329. The molecule has 132 valence electrons. The van der Waals surface area contributed by atoms with Crippen LogP contribution in [0.25, 0.3) is 0 Å². The Morgan fingerprint density at radius 1 is 1.42 bits per heavy atom. The van der Waals surface area contributed by atoms with Gasteiger partial charge in [-0.25, -0.2) is 4.98 Å². The molecule has 2 atom stereocenters. The number of hydrogen-bond acceptors (Lipinski definition) is 5. The van der Waals surface area contributed by atoms with Gasteiger partial charge in [-0.05, 0) is 32.6 Å². The van der Waals surface area contributed by atoms with Crippen molar-refractivity contribution in [2.75, 3.05) is 26.3 Å². The Labute approximate surface area is 142 Å². The predicted octanol–water partition coefficient (Wildman–Crippen LogP) is 1.03. The van der Waals surface area contributed by atoms with Crippen molar-refractivity contribution in [2.24, 2.45) is 7.05 Å². The second-order valence-electron chi connectivity index (χ2n) is 7.50. The Hall–Kier alpha value is -1.47. The van der Waals surface area contributed by atoms with E-state index in [2.05, 4.69) is 10.1 Å². The van der Waals surface area contributed by atoms with Crippen LogP contribution in [0.3, 0.4) is 0 Å². The third kappa shape index (κ3) is 3.19. The summed E-state index contributed by atoms with van der Waals surface area (Å²) in [6, 6.07) is 0. The quantitative estimate of drug-likeness (QED) is 0.826. The number of aromatic nitrogens is 3. The SMILES string of the molecule is CC1CN(C(=O)Cc2nc(C3CC3)nn2C)CC2(CCCOC2)O1. The summed E-state index contributed by atoms with van der Waals surface area (Å²) in [4.78, 5) is 19.3. The number of nitrogens with zero attached hydrogens (tertiary/aromatic N) is 4. The van der Waals surface area contributed by atoms with E-state index in [1.165, 1.54) is 12.8 Å². The molecule has 1 aliphatic carbocycles. The zero-order chi connectivity index (χ0) is 16.7. The molecule has 0 aromatic carbocycles. The van der Waals surface area contributed by atoms with Crippen molar-refractivity contribution in [3.8, 4) is 0 Å². The van der Waals surface area contributed by atoms with E-state index < -0.39 is 0 Å². The topological polar surface area (TPSA) is 69.5 Å². The summed E-state index contributed by atoms with van der Waals surface area (Å²) in [6.45, 7) is 4.65. The molecule has 1 spiro atoms. The van der Waals surface area contributed by atoms with Gasteiger partial charge in [0.1, 0.15) is 11.4 Å². The van der Waals surface area contributed by atoms with Crippen molar-refractivity contribution in [3.63, 3.8) is 0 Å². The number of ether oxygens (including phenoxy) is 2. The minimum absolute atomic E-state index is 0.0333. The lowest BCUT2D eigenvalue weighted by Crippen LogP contribution is -2.60. The Balaban J connectivity index is 1.45. The molecule has 3 aliphatic rings. The number of hydrogen-bond donors (Lipinski definition) is 0. The van der Waals surface area contributed by atoms with E-state index in [-0.39, 0.29) is 17.6 Å². The van der Waals surface area contributed by atoms with E-state index in [4.69, 9.17) is 9.47 Å². The number of carbonyl (C=O) groups is 1. The predicted molar refractivity (Wildman–Crippen MR) is 86.6 cm³/mol. The summed E-state index contributed by atoms with van der Waals surface area (Å²) in [6.07, 6.45) is 4.62. The van der Waals surface area contributed by atoms with Gasteiger partial charge in [-0.2, -0.15) is 5.10 Å². The van der Waals surface area contributed by atoms with Gasteiger partial charge in [-0.15, -0.1) is 0 Å². The fourth-order valence-electron chi connectivity index (χ4n) is 3.81. The molecular weight excluding hydrogens is 308 g/mol. The average molecular weight is 334 g/mol. The van der Waals surface area contributed by atoms with E-state index in [0.29, 0.717) is 32.0 Å². The summed E-state index contributed by atoms with van der Waals surface area (Å²) < 4.78 is 13.5. The molecule has 3 fully saturated rings. The molecule has 1 saturated carbocycles. The molecule has 7 nitrogen and oxygen atoms in total. The highest BCUT2D eigenvalue weighted by molar-refractivity contribution is 5.78. The molecule has 24 heavy (non-hydrogen) atoms. The molecule has 1 aromatic rings. The number of aryl methyl sites for hydroxylation is 1. The maximum Gasteiger partial charge on any atom is 0.230 e. The van der Waals surface area contributed by atoms with Gasteiger partial charge in [0.05, 0.1) is 25.7 Å². The van der Waals surface area contributed by atoms with Gasteiger partial charge in [0.2, 0.25) is 5.91 Å². The van der Waals surface area contributed by atoms with Crippen molar-refractivity contribution in [1.82, 2.24) is 19.7 Å². The Kier molecular flexibility index (Phi) is 4.08. The standard InChI is InChI=1S/C17H26N4O3/c1-12-9-21(10-17(24-12)6-3-7-23-11-17)15(22)8-14-18-16(13-4-5-13)19-20(14)2/h12-13H,3-11H2,1-2H3. The maximum absolute atomic E-state index is 12.8. The summed E-state index contributed by atoms with van der Waals surface area (Å²) in [5, 5.41) is 4.46. The summed E-state index contributed by atoms with van der Waals surface area (Å²) in [5.41, 5.74) is -0.329. The zero-order valence-electron chi connectivity index (χ0n) is 14.5. The van der Waals surface area contributed by atoms with Crippen LogP contribution in [0.4, 0.5) is 0 Å². The molecular formula is C17H26N4O3. The Morgan fingerprint density at radius 2 is 2.25 bits per heavy atom. The molecule has 0 N–H and O–H groups in total. The molecule has 1 amide bonds. The third-order valence-electron chi connectivity index (χ3n) is 5.17. The molecule has 4 rings (SSSR count). The van der Waals surface area contributed by atoms with Gasteiger partial charge in [-0.3, -0.25) is 9.48 Å². The van der Waals surface area contributed by atoms with Crippen LogP contribution in [0.5, 0.6) is 0 Å². The summed E-state index contributed by atoms with van der Waals surface area (Å²) in [7, 11) is 1.87. The lowest BCUT2D eigenvalue weighted by atomic mass is 9.93. The monoisotopic (exact) mass is 334 g/mol. The van der Waals surface area contributed by atoms with Crippen LogP contribution in [0.2, 0.25) is 0 Å². The molecule has 1 aromatic heterocycles. The van der Waals surface area contributed by atoms with Crippen LogP contribution >= 0.6 is 0 Å². The minimum Gasteiger partial charge on any atom is -0.378 e. The molecule has 3 heterocycles. The number of morpholine rings is 1. The van der Waals surface area contributed by atoms with Crippen LogP contribution in [0, 0.1) is 0 Å². The van der Waals surface area contributed by atoms with Crippen LogP contribution in [0.15, 0.2) is 0 Å². The van der Waals surface area contributed by atoms with E-state index >= 15 is 0 Å². The largest absolute Gasteiger partial charge is 0.378 e. The molecule has 7 heteroatoms.